The van der Waals surface area contributed by atoms with Gasteiger partial charge in [0.1, 0.15) is 0 Å². The minimum Gasteiger partial charge on any atom is -0.377 e. The summed E-state index contributed by atoms with van der Waals surface area (Å²) in [6.45, 7) is 4.69. The fourth-order valence-corrected chi connectivity index (χ4v) is 2.95. The van der Waals surface area contributed by atoms with E-state index in [-0.39, 0.29) is 11.9 Å². The highest BCUT2D eigenvalue weighted by atomic mass is 32.2. The number of rotatable bonds is 8. The van der Waals surface area contributed by atoms with Crippen LogP contribution in [-0.2, 0) is 14.8 Å². The predicted octanol–water partition coefficient (Wildman–Crippen LogP) is 0.427. The Morgan fingerprint density at radius 3 is 2.76 bits per heavy atom. The van der Waals surface area contributed by atoms with Gasteiger partial charge < -0.3 is 10.1 Å². The molecule has 0 amide bonds. The second-order valence-corrected chi connectivity index (χ2v) is 6.68. The van der Waals surface area contributed by atoms with Crippen molar-refractivity contribution in [1.82, 2.24) is 9.62 Å². The van der Waals surface area contributed by atoms with Crippen LogP contribution in [0.1, 0.15) is 26.2 Å². The van der Waals surface area contributed by atoms with Crippen LogP contribution in [0.4, 0.5) is 0 Å². The number of sulfonamides is 1. The van der Waals surface area contributed by atoms with Crippen molar-refractivity contribution >= 4 is 10.0 Å². The smallest absolute Gasteiger partial charge is 0.215 e. The molecule has 1 aliphatic rings. The van der Waals surface area contributed by atoms with Crippen LogP contribution in [0.2, 0.25) is 0 Å². The van der Waals surface area contributed by atoms with Crippen molar-refractivity contribution in [2.75, 3.05) is 39.0 Å². The first-order valence-electron chi connectivity index (χ1n) is 6.32. The van der Waals surface area contributed by atoms with E-state index in [9.17, 15) is 8.42 Å². The van der Waals surface area contributed by atoms with E-state index in [0.717, 1.165) is 32.4 Å². The Labute approximate surface area is 105 Å². The van der Waals surface area contributed by atoms with Crippen molar-refractivity contribution in [2.45, 2.75) is 32.3 Å². The van der Waals surface area contributed by atoms with E-state index in [4.69, 9.17) is 4.74 Å². The van der Waals surface area contributed by atoms with Gasteiger partial charge >= 0.3 is 0 Å². The SMILES string of the molecule is CCCNCCS(=O)(=O)N(C)CC1CCCO1. The molecule has 1 N–H and O–H groups in total. The molecule has 6 heteroatoms. The molecule has 0 saturated carbocycles. The molecule has 1 aliphatic heterocycles. The molecule has 1 fully saturated rings. The standard InChI is InChI=1S/C11H24N2O3S/c1-3-6-12-7-9-17(14,15)13(2)10-11-5-4-8-16-11/h11-12H,3-10H2,1-2H3. The van der Waals surface area contributed by atoms with Crippen LogP contribution in [0, 0.1) is 0 Å². The van der Waals surface area contributed by atoms with Crippen molar-refractivity contribution in [3.05, 3.63) is 0 Å². The number of nitrogens with one attached hydrogen (secondary N) is 1. The van der Waals surface area contributed by atoms with Crippen LogP contribution in [0.25, 0.3) is 0 Å². The highest BCUT2D eigenvalue weighted by molar-refractivity contribution is 7.89. The van der Waals surface area contributed by atoms with E-state index >= 15 is 0 Å². The lowest BCUT2D eigenvalue weighted by molar-refractivity contribution is 0.0979. The van der Waals surface area contributed by atoms with E-state index in [1.807, 2.05) is 0 Å². The van der Waals surface area contributed by atoms with Gasteiger partial charge in [-0.15, -0.1) is 0 Å². The molecular formula is C11H24N2O3S. The van der Waals surface area contributed by atoms with Crippen LogP contribution in [-0.4, -0.2) is 57.9 Å². The fraction of sp³-hybridized carbons (Fsp3) is 1.00. The molecule has 1 atom stereocenters. The van der Waals surface area contributed by atoms with Crippen LogP contribution >= 0.6 is 0 Å². The van der Waals surface area contributed by atoms with Crippen molar-refractivity contribution in [1.29, 1.82) is 0 Å². The van der Waals surface area contributed by atoms with Crippen LogP contribution in [0.3, 0.4) is 0 Å². The summed E-state index contributed by atoms with van der Waals surface area (Å²) in [6, 6.07) is 0. The molecule has 1 heterocycles. The van der Waals surface area contributed by atoms with E-state index < -0.39 is 10.0 Å². The molecular weight excluding hydrogens is 240 g/mol. The zero-order valence-electron chi connectivity index (χ0n) is 10.8. The minimum atomic E-state index is -3.14. The first-order chi connectivity index (χ1) is 8.06. The molecule has 1 saturated heterocycles. The molecule has 17 heavy (non-hydrogen) atoms. The van der Waals surface area contributed by atoms with E-state index in [1.165, 1.54) is 4.31 Å². The molecule has 0 spiro atoms. The Hall–Kier alpha value is -0.170. The Morgan fingerprint density at radius 2 is 2.18 bits per heavy atom. The largest absolute Gasteiger partial charge is 0.377 e. The van der Waals surface area contributed by atoms with Gasteiger partial charge in [-0.2, -0.15) is 0 Å². The monoisotopic (exact) mass is 264 g/mol. The number of nitrogens with zero attached hydrogens (tertiary/aromatic N) is 1. The van der Waals surface area contributed by atoms with Gasteiger partial charge in [-0.3, -0.25) is 0 Å². The lowest BCUT2D eigenvalue weighted by Crippen LogP contribution is -2.38. The van der Waals surface area contributed by atoms with E-state index in [1.54, 1.807) is 7.05 Å². The Balaban J connectivity index is 2.29. The molecule has 0 aliphatic carbocycles. The second kappa shape index (κ2) is 7.31. The van der Waals surface area contributed by atoms with Crippen LogP contribution in [0.5, 0.6) is 0 Å². The maximum Gasteiger partial charge on any atom is 0.215 e. The minimum absolute atomic E-state index is 0.0818. The molecule has 1 unspecified atom stereocenters. The van der Waals surface area contributed by atoms with Gasteiger partial charge in [-0.25, -0.2) is 12.7 Å². The average Bonchev–Trinajstić information content (AvgIpc) is 2.77. The maximum absolute atomic E-state index is 11.9. The average molecular weight is 264 g/mol. The summed E-state index contributed by atoms with van der Waals surface area (Å²) in [7, 11) is -1.50. The zero-order chi connectivity index (χ0) is 12.7. The zero-order valence-corrected chi connectivity index (χ0v) is 11.6. The molecule has 0 bridgehead atoms. The molecule has 0 aromatic heterocycles. The third kappa shape index (κ3) is 5.33. The third-order valence-electron chi connectivity index (χ3n) is 2.92. The molecule has 0 aromatic carbocycles. The van der Waals surface area contributed by atoms with E-state index in [2.05, 4.69) is 12.2 Å². The van der Waals surface area contributed by atoms with Gasteiger partial charge in [-0.05, 0) is 25.8 Å². The second-order valence-electron chi connectivity index (χ2n) is 4.48. The summed E-state index contributed by atoms with van der Waals surface area (Å²) < 4.78 is 30.7. The van der Waals surface area contributed by atoms with Gasteiger partial charge in [0.25, 0.3) is 0 Å². The Kier molecular flexibility index (Phi) is 6.40. The van der Waals surface area contributed by atoms with Crippen molar-refractivity contribution < 1.29 is 13.2 Å². The Bertz CT molecular complexity index is 300. The number of ether oxygens (including phenoxy) is 1. The number of likely N-dealkylation sites (N-methyl/N-ethyl adjacent to an activating group) is 1. The Morgan fingerprint density at radius 1 is 1.41 bits per heavy atom. The first-order valence-corrected chi connectivity index (χ1v) is 7.93. The first kappa shape index (κ1) is 14.9. The van der Waals surface area contributed by atoms with Gasteiger partial charge in [0.2, 0.25) is 10.0 Å². The molecule has 0 radical (unpaired) electrons. The van der Waals surface area contributed by atoms with Crippen molar-refractivity contribution in [2.24, 2.45) is 0 Å². The van der Waals surface area contributed by atoms with Gasteiger partial charge in [0.15, 0.2) is 0 Å². The molecule has 5 nitrogen and oxygen atoms in total. The van der Waals surface area contributed by atoms with Crippen LogP contribution < -0.4 is 5.32 Å². The summed E-state index contributed by atoms with van der Waals surface area (Å²) in [5.41, 5.74) is 0. The summed E-state index contributed by atoms with van der Waals surface area (Å²) >= 11 is 0. The van der Waals surface area contributed by atoms with Gasteiger partial charge in [0.05, 0.1) is 11.9 Å². The normalized spacial score (nSPS) is 21.2. The predicted molar refractivity (Wildman–Crippen MR) is 68.6 cm³/mol. The summed E-state index contributed by atoms with van der Waals surface area (Å²) in [6.07, 6.45) is 3.11. The third-order valence-corrected chi connectivity index (χ3v) is 4.74. The van der Waals surface area contributed by atoms with Crippen molar-refractivity contribution in [3.8, 4) is 0 Å². The van der Waals surface area contributed by atoms with E-state index in [0.29, 0.717) is 13.1 Å². The maximum atomic E-state index is 11.9. The van der Waals surface area contributed by atoms with Gasteiger partial charge in [0, 0.05) is 26.7 Å². The summed E-state index contributed by atoms with van der Waals surface area (Å²) in [5.74, 6) is 0.163. The lowest BCUT2D eigenvalue weighted by atomic mass is 10.2. The summed E-state index contributed by atoms with van der Waals surface area (Å²) in [5, 5.41) is 3.10. The molecule has 1 rings (SSSR count). The quantitative estimate of drug-likeness (QED) is 0.646. The lowest BCUT2D eigenvalue weighted by Gasteiger charge is -2.20. The van der Waals surface area contributed by atoms with Crippen molar-refractivity contribution in [3.63, 3.8) is 0 Å². The number of hydrogen-bond acceptors (Lipinski definition) is 4. The fourth-order valence-electron chi connectivity index (χ4n) is 1.85. The summed E-state index contributed by atoms with van der Waals surface area (Å²) in [4.78, 5) is 0. The highest BCUT2D eigenvalue weighted by Gasteiger charge is 2.23. The van der Waals surface area contributed by atoms with Gasteiger partial charge in [-0.1, -0.05) is 6.92 Å². The number of hydrogen-bond donors (Lipinski definition) is 1. The molecule has 102 valence electrons. The van der Waals surface area contributed by atoms with Crippen LogP contribution in [0.15, 0.2) is 0 Å². The molecule has 0 aromatic rings. The topological polar surface area (TPSA) is 58.6 Å². The highest BCUT2D eigenvalue weighted by Crippen LogP contribution is 2.14.